The summed E-state index contributed by atoms with van der Waals surface area (Å²) < 4.78 is 5.21. The molecule has 2 N–H and O–H groups in total. The maximum Gasteiger partial charge on any atom is 0.119 e. The van der Waals surface area contributed by atoms with Crippen molar-refractivity contribution in [2.75, 3.05) is 20.7 Å². The van der Waals surface area contributed by atoms with Crippen LogP contribution in [0.4, 0.5) is 0 Å². The van der Waals surface area contributed by atoms with E-state index >= 15 is 0 Å². The van der Waals surface area contributed by atoms with Crippen LogP contribution in [0, 0.1) is 0 Å². The second kappa shape index (κ2) is 7.30. The highest BCUT2D eigenvalue weighted by Gasteiger charge is 2.06. The summed E-state index contributed by atoms with van der Waals surface area (Å²) in [6, 6.07) is 8.45. The normalized spacial score (nSPS) is 12.8. The summed E-state index contributed by atoms with van der Waals surface area (Å²) in [5, 5.41) is 0. The molecule has 0 radical (unpaired) electrons. The first kappa shape index (κ1) is 14.0. The highest BCUT2D eigenvalue weighted by Crippen LogP contribution is 2.14. The topological polar surface area (TPSA) is 38.5 Å². The van der Waals surface area contributed by atoms with E-state index in [1.54, 1.807) is 7.11 Å². The Hall–Kier alpha value is -1.06. The molecule has 0 aliphatic carbocycles. The summed E-state index contributed by atoms with van der Waals surface area (Å²) in [6.07, 6.45) is 2.23. The quantitative estimate of drug-likeness (QED) is 0.789. The molecule has 0 fully saturated rings. The van der Waals surface area contributed by atoms with Crippen molar-refractivity contribution in [2.24, 2.45) is 5.73 Å². The number of ether oxygens (including phenoxy) is 1. The lowest BCUT2D eigenvalue weighted by Crippen LogP contribution is -2.34. The Labute approximate surface area is 105 Å². The number of benzene rings is 1. The molecule has 17 heavy (non-hydrogen) atoms. The molecule has 0 bridgehead atoms. The third kappa shape index (κ3) is 5.20. The number of rotatable bonds is 7. The first-order valence-electron chi connectivity index (χ1n) is 6.22. The molecular formula is C14H24N2O. The van der Waals surface area contributed by atoms with Crippen LogP contribution in [0.3, 0.4) is 0 Å². The number of methoxy groups -OCH3 is 1. The van der Waals surface area contributed by atoms with Gasteiger partial charge in [-0.2, -0.15) is 0 Å². The SMILES string of the molecule is CCCC(N)CN(C)Cc1cccc(OC)c1. The Morgan fingerprint density at radius 1 is 1.41 bits per heavy atom. The molecule has 1 rings (SSSR count). The van der Waals surface area contributed by atoms with E-state index in [0.29, 0.717) is 0 Å². The third-order valence-electron chi connectivity index (χ3n) is 2.79. The van der Waals surface area contributed by atoms with Gasteiger partial charge in [0.15, 0.2) is 0 Å². The fourth-order valence-electron chi connectivity index (χ4n) is 2.01. The van der Waals surface area contributed by atoms with Gasteiger partial charge in [0, 0.05) is 19.1 Å². The zero-order chi connectivity index (χ0) is 12.7. The summed E-state index contributed by atoms with van der Waals surface area (Å²) in [7, 11) is 3.80. The number of likely N-dealkylation sites (N-methyl/N-ethyl adjacent to an activating group) is 1. The van der Waals surface area contributed by atoms with Crippen molar-refractivity contribution in [3.05, 3.63) is 29.8 Å². The maximum atomic E-state index is 6.03. The lowest BCUT2D eigenvalue weighted by molar-refractivity contribution is 0.296. The van der Waals surface area contributed by atoms with Gasteiger partial charge in [0.25, 0.3) is 0 Å². The van der Waals surface area contributed by atoms with Gasteiger partial charge in [-0.15, -0.1) is 0 Å². The Bertz CT molecular complexity index is 328. The zero-order valence-corrected chi connectivity index (χ0v) is 11.1. The molecule has 0 aromatic heterocycles. The molecule has 0 saturated carbocycles. The third-order valence-corrected chi connectivity index (χ3v) is 2.79. The minimum absolute atomic E-state index is 0.274. The average Bonchev–Trinajstić information content (AvgIpc) is 2.29. The van der Waals surface area contributed by atoms with Crippen LogP contribution in [0.25, 0.3) is 0 Å². The molecular weight excluding hydrogens is 212 g/mol. The fourth-order valence-corrected chi connectivity index (χ4v) is 2.01. The summed E-state index contributed by atoms with van der Waals surface area (Å²) in [5.41, 5.74) is 7.29. The van der Waals surface area contributed by atoms with Crippen LogP contribution in [0.2, 0.25) is 0 Å². The zero-order valence-electron chi connectivity index (χ0n) is 11.1. The summed E-state index contributed by atoms with van der Waals surface area (Å²) in [6.45, 7) is 4.02. The molecule has 1 aromatic rings. The van der Waals surface area contributed by atoms with Crippen LogP contribution in [0.15, 0.2) is 24.3 Å². The van der Waals surface area contributed by atoms with E-state index in [1.807, 2.05) is 12.1 Å². The largest absolute Gasteiger partial charge is 0.497 e. The number of nitrogens with two attached hydrogens (primary N) is 1. The van der Waals surface area contributed by atoms with Gasteiger partial charge in [-0.05, 0) is 31.2 Å². The van der Waals surface area contributed by atoms with Crippen LogP contribution in [-0.2, 0) is 6.54 Å². The molecule has 3 nitrogen and oxygen atoms in total. The minimum atomic E-state index is 0.274. The van der Waals surface area contributed by atoms with Crippen molar-refractivity contribution in [1.82, 2.24) is 4.90 Å². The first-order valence-corrected chi connectivity index (χ1v) is 6.22. The van der Waals surface area contributed by atoms with E-state index in [0.717, 1.165) is 31.7 Å². The molecule has 0 saturated heterocycles. The van der Waals surface area contributed by atoms with Crippen LogP contribution < -0.4 is 10.5 Å². The van der Waals surface area contributed by atoms with E-state index < -0.39 is 0 Å². The van der Waals surface area contributed by atoms with Crippen LogP contribution in [-0.4, -0.2) is 31.6 Å². The van der Waals surface area contributed by atoms with Crippen molar-refractivity contribution in [3.63, 3.8) is 0 Å². The Balaban J connectivity index is 2.46. The molecule has 1 atom stereocenters. The van der Waals surface area contributed by atoms with Crippen molar-refractivity contribution < 1.29 is 4.74 Å². The van der Waals surface area contributed by atoms with Gasteiger partial charge in [-0.25, -0.2) is 0 Å². The van der Waals surface area contributed by atoms with Gasteiger partial charge in [-0.3, -0.25) is 0 Å². The van der Waals surface area contributed by atoms with Crippen molar-refractivity contribution in [2.45, 2.75) is 32.4 Å². The number of hydrogen-bond acceptors (Lipinski definition) is 3. The van der Waals surface area contributed by atoms with Gasteiger partial charge >= 0.3 is 0 Å². The molecule has 1 unspecified atom stereocenters. The fraction of sp³-hybridized carbons (Fsp3) is 0.571. The predicted molar refractivity (Wildman–Crippen MR) is 72.2 cm³/mol. The first-order chi connectivity index (χ1) is 8.15. The van der Waals surface area contributed by atoms with Gasteiger partial charge in [0.1, 0.15) is 5.75 Å². The highest BCUT2D eigenvalue weighted by atomic mass is 16.5. The summed E-state index contributed by atoms with van der Waals surface area (Å²) in [5.74, 6) is 0.911. The maximum absolute atomic E-state index is 6.03. The summed E-state index contributed by atoms with van der Waals surface area (Å²) in [4.78, 5) is 2.26. The Morgan fingerprint density at radius 3 is 2.82 bits per heavy atom. The second-order valence-electron chi connectivity index (χ2n) is 4.60. The van der Waals surface area contributed by atoms with Crippen molar-refractivity contribution in [1.29, 1.82) is 0 Å². The molecule has 0 aliphatic heterocycles. The summed E-state index contributed by atoms with van der Waals surface area (Å²) >= 11 is 0. The van der Waals surface area contributed by atoms with Crippen LogP contribution in [0.5, 0.6) is 5.75 Å². The lowest BCUT2D eigenvalue weighted by atomic mass is 10.1. The van der Waals surface area contributed by atoms with Crippen molar-refractivity contribution >= 4 is 0 Å². The minimum Gasteiger partial charge on any atom is -0.497 e. The van der Waals surface area contributed by atoms with E-state index in [2.05, 4.69) is 31.0 Å². The molecule has 0 spiro atoms. The van der Waals surface area contributed by atoms with E-state index in [9.17, 15) is 0 Å². The van der Waals surface area contributed by atoms with Crippen LogP contribution in [0.1, 0.15) is 25.3 Å². The highest BCUT2D eigenvalue weighted by molar-refractivity contribution is 5.28. The van der Waals surface area contributed by atoms with Gasteiger partial charge in [0.2, 0.25) is 0 Å². The van der Waals surface area contributed by atoms with Gasteiger partial charge in [-0.1, -0.05) is 25.5 Å². The number of hydrogen-bond donors (Lipinski definition) is 1. The van der Waals surface area contributed by atoms with E-state index in [-0.39, 0.29) is 6.04 Å². The van der Waals surface area contributed by atoms with E-state index in [4.69, 9.17) is 10.5 Å². The lowest BCUT2D eigenvalue weighted by Gasteiger charge is -2.21. The predicted octanol–water partition coefficient (Wildman–Crippen LogP) is 2.25. The van der Waals surface area contributed by atoms with Gasteiger partial charge < -0.3 is 15.4 Å². The van der Waals surface area contributed by atoms with Gasteiger partial charge in [0.05, 0.1) is 7.11 Å². The van der Waals surface area contributed by atoms with E-state index in [1.165, 1.54) is 5.56 Å². The van der Waals surface area contributed by atoms with Crippen LogP contribution >= 0.6 is 0 Å². The average molecular weight is 236 g/mol. The molecule has 0 heterocycles. The Kier molecular flexibility index (Phi) is 6.01. The standard InChI is InChI=1S/C14H24N2O/c1-4-6-13(15)11-16(2)10-12-7-5-8-14(9-12)17-3/h5,7-9,13H,4,6,10-11,15H2,1-3H3. The smallest absolute Gasteiger partial charge is 0.119 e. The number of nitrogens with zero attached hydrogens (tertiary/aromatic N) is 1. The molecule has 0 aliphatic rings. The monoisotopic (exact) mass is 236 g/mol. The van der Waals surface area contributed by atoms with Crippen molar-refractivity contribution in [3.8, 4) is 5.75 Å². The second-order valence-corrected chi connectivity index (χ2v) is 4.60. The molecule has 1 aromatic carbocycles. The molecule has 3 heteroatoms. The molecule has 96 valence electrons. The molecule has 0 amide bonds. The Morgan fingerprint density at radius 2 is 2.18 bits per heavy atom.